The number of carbonyl (C=O) groups is 1. The number of rotatable bonds is 3. The van der Waals surface area contributed by atoms with Gasteiger partial charge in [0.25, 0.3) is 0 Å². The Kier molecular flexibility index (Phi) is 9.44. The van der Waals surface area contributed by atoms with Crippen molar-refractivity contribution in [1.82, 2.24) is 14.7 Å². The molecule has 3 rings (SSSR count). The lowest BCUT2D eigenvalue weighted by atomic mass is 9.82. The first kappa shape index (κ1) is 28.5. The van der Waals surface area contributed by atoms with E-state index in [1.54, 1.807) is 4.90 Å². The number of hydrogen-bond acceptors (Lipinski definition) is 5. The Bertz CT molecular complexity index is 718. The van der Waals surface area contributed by atoms with Gasteiger partial charge in [-0.25, -0.2) is 4.79 Å². The highest BCUT2D eigenvalue weighted by Crippen LogP contribution is 2.36. The smallest absolute Gasteiger partial charge is 0.444 e. The molecule has 8 heteroatoms. The molecule has 1 amide bonds. The van der Waals surface area contributed by atoms with Gasteiger partial charge in [-0.3, -0.25) is 4.68 Å². The number of aromatic nitrogens is 2. The van der Waals surface area contributed by atoms with Crippen LogP contribution in [0.4, 0.5) is 4.79 Å². The van der Waals surface area contributed by atoms with Gasteiger partial charge in [0.05, 0.1) is 17.2 Å². The highest BCUT2D eigenvalue weighted by atomic mass is 16.7. The van der Waals surface area contributed by atoms with Gasteiger partial charge in [0.1, 0.15) is 5.60 Å². The second kappa shape index (κ2) is 10.6. The van der Waals surface area contributed by atoms with Gasteiger partial charge >= 0.3 is 13.2 Å². The van der Waals surface area contributed by atoms with Gasteiger partial charge in [-0.1, -0.05) is 21.3 Å². The van der Waals surface area contributed by atoms with Crippen LogP contribution in [0.1, 0.15) is 101 Å². The molecular weight excluding hydrogens is 405 g/mol. The molecule has 0 spiro atoms. The average molecular weight is 451 g/mol. The van der Waals surface area contributed by atoms with Crippen LogP contribution in [0.2, 0.25) is 0 Å². The van der Waals surface area contributed by atoms with E-state index in [4.69, 9.17) is 14.0 Å². The van der Waals surface area contributed by atoms with Gasteiger partial charge in [-0.2, -0.15) is 5.10 Å². The van der Waals surface area contributed by atoms with Crippen molar-refractivity contribution >= 4 is 18.7 Å². The van der Waals surface area contributed by atoms with Crippen LogP contribution in [0.5, 0.6) is 0 Å². The van der Waals surface area contributed by atoms with Crippen LogP contribution in [-0.2, 0) is 14.0 Å². The monoisotopic (exact) mass is 451 g/mol. The van der Waals surface area contributed by atoms with Crippen molar-refractivity contribution in [2.24, 2.45) is 0 Å². The molecule has 0 radical (unpaired) electrons. The van der Waals surface area contributed by atoms with Gasteiger partial charge < -0.3 is 18.9 Å². The molecule has 1 aromatic rings. The molecule has 184 valence electrons. The molecule has 0 aromatic carbocycles. The van der Waals surface area contributed by atoms with Crippen molar-refractivity contribution in [1.29, 1.82) is 0 Å². The van der Waals surface area contributed by atoms with Crippen molar-refractivity contribution in [3.8, 4) is 0 Å². The average Bonchev–Trinajstić information content (AvgIpc) is 3.24. The topological polar surface area (TPSA) is 65.8 Å². The minimum absolute atomic E-state index is 0. The van der Waals surface area contributed by atoms with Crippen molar-refractivity contribution in [2.75, 3.05) is 7.05 Å². The van der Waals surface area contributed by atoms with E-state index in [1.807, 2.05) is 58.7 Å². The number of amides is 1. The van der Waals surface area contributed by atoms with E-state index in [1.165, 1.54) is 0 Å². The first-order valence-corrected chi connectivity index (χ1v) is 11.6. The zero-order chi connectivity index (χ0) is 23.6. The van der Waals surface area contributed by atoms with Crippen molar-refractivity contribution in [2.45, 2.75) is 124 Å². The Balaban J connectivity index is 0.00000166. The maximum atomic E-state index is 12.3. The lowest BCUT2D eigenvalue weighted by molar-refractivity contribution is 0.00578. The Morgan fingerprint density at radius 3 is 2.09 bits per heavy atom. The van der Waals surface area contributed by atoms with E-state index >= 15 is 0 Å². The molecule has 2 fully saturated rings. The van der Waals surface area contributed by atoms with Gasteiger partial charge in [-0.05, 0) is 74.1 Å². The van der Waals surface area contributed by atoms with Gasteiger partial charge in [0.15, 0.2) is 0 Å². The zero-order valence-electron chi connectivity index (χ0n) is 21.2. The molecule has 1 saturated carbocycles. The summed E-state index contributed by atoms with van der Waals surface area (Å²) in [4.78, 5) is 14.1. The summed E-state index contributed by atoms with van der Waals surface area (Å²) in [5, 5.41) is 4.58. The molecule has 0 atom stereocenters. The predicted octanol–water partition coefficient (Wildman–Crippen LogP) is 5.20. The molecule has 1 saturated heterocycles. The summed E-state index contributed by atoms with van der Waals surface area (Å²) in [6.07, 6.45) is 7.47. The van der Waals surface area contributed by atoms with E-state index in [0.29, 0.717) is 6.04 Å². The third kappa shape index (κ3) is 6.50. The standard InChI is InChI=1S/C21H36BN3O4.C2H6.CH4/c1-19(2,3)27-18(26)24(8)16-9-11-17(12-10-16)25-14-15(13-23-25)22-28-20(4,5)21(6,7)29-22;1-2;/h13-14,16-17H,9-12H2,1-8H3;1-2H3;1H4. The van der Waals surface area contributed by atoms with Crippen molar-refractivity contribution in [3.63, 3.8) is 0 Å². The largest absolute Gasteiger partial charge is 0.498 e. The molecule has 7 nitrogen and oxygen atoms in total. The summed E-state index contributed by atoms with van der Waals surface area (Å²) in [6.45, 7) is 17.9. The molecule has 0 bridgehead atoms. The predicted molar refractivity (Wildman–Crippen MR) is 131 cm³/mol. The maximum Gasteiger partial charge on any atom is 0.498 e. The van der Waals surface area contributed by atoms with Crippen LogP contribution >= 0.6 is 0 Å². The lowest BCUT2D eigenvalue weighted by Gasteiger charge is -2.35. The van der Waals surface area contributed by atoms with E-state index in [2.05, 4.69) is 32.8 Å². The van der Waals surface area contributed by atoms with Crippen LogP contribution in [0.25, 0.3) is 0 Å². The fourth-order valence-electron chi connectivity index (χ4n) is 3.85. The number of nitrogens with zero attached hydrogens (tertiary/aromatic N) is 3. The number of carbonyl (C=O) groups excluding carboxylic acids is 1. The first-order valence-electron chi connectivity index (χ1n) is 11.6. The normalized spacial score (nSPS) is 24.1. The van der Waals surface area contributed by atoms with Crippen LogP contribution < -0.4 is 5.46 Å². The quantitative estimate of drug-likeness (QED) is 0.592. The third-order valence-corrected chi connectivity index (χ3v) is 6.42. The molecule has 2 heterocycles. The van der Waals surface area contributed by atoms with Crippen LogP contribution in [0.3, 0.4) is 0 Å². The summed E-state index contributed by atoms with van der Waals surface area (Å²) in [5.74, 6) is 0. The SMILES string of the molecule is C.CC.CN(C(=O)OC(C)(C)C)C1CCC(n2cc(B3OC(C)(C)C(C)(C)O3)cn2)CC1. The summed E-state index contributed by atoms with van der Waals surface area (Å²) in [7, 11) is 1.45. The van der Waals surface area contributed by atoms with E-state index < -0.39 is 5.60 Å². The molecular formula is C24H46BN3O4. The summed E-state index contributed by atoms with van der Waals surface area (Å²) >= 11 is 0. The number of ether oxygens (including phenoxy) is 1. The Labute approximate surface area is 196 Å². The van der Waals surface area contributed by atoms with Crippen LogP contribution in [-0.4, -0.2) is 57.8 Å². The Morgan fingerprint density at radius 2 is 1.62 bits per heavy atom. The zero-order valence-corrected chi connectivity index (χ0v) is 21.2. The Hall–Kier alpha value is -1.54. The summed E-state index contributed by atoms with van der Waals surface area (Å²) < 4.78 is 19.8. The van der Waals surface area contributed by atoms with Crippen molar-refractivity contribution < 1.29 is 18.8 Å². The van der Waals surface area contributed by atoms with E-state index in [0.717, 1.165) is 31.1 Å². The fraction of sp³-hybridized carbons (Fsp3) is 0.833. The molecule has 32 heavy (non-hydrogen) atoms. The minimum atomic E-state index is -0.471. The van der Waals surface area contributed by atoms with Crippen molar-refractivity contribution in [3.05, 3.63) is 12.4 Å². The van der Waals surface area contributed by atoms with Crippen LogP contribution in [0.15, 0.2) is 12.4 Å². The number of hydrogen-bond donors (Lipinski definition) is 0. The molecule has 1 aliphatic carbocycles. The fourth-order valence-corrected chi connectivity index (χ4v) is 3.85. The Morgan fingerprint density at radius 1 is 1.12 bits per heavy atom. The lowest BCUT2D eigenvalue weighted by Crippen LogP contribution is -2.42. The maximum absolute atomic E-state index is 12.3. The van der Waals surface area contributed by atoms with Crippen LogP contribution in [0, 0.1) is 0 Å². The minimum Gasteiger partial charge on any atom is -0.444 e. The van der Waals surface area contributed by atoms with Gasteiger partial charge in [-0.15, -0.1) is 0 Å². The molecule has 0 unspecified atom stereocenters. The summed E-state index contributed by atoms with van der Waals surface area (Å²) in [6, 6.07) is 0.536. The molecule has 1 aliphatic heterocycles. The molecule has 0 N–H and O–H groups in total. The van der Waals surface area contributed by atoms with E-state index in [9.17, 15) is 4.79 Å². The highest BCUT2D eigenvalue weighted by molar-refractivity contribution is 6.62. The summed E-state index contributed by atoms with van der Waals surface area (Å²) in [5.41, 5.74) is -0.230. The second-order valence-corrected chi connectivity index (χ2v) is 10.4. The second-order valence-electron chi connectivity index (χ2n) is 10.4. The van der Waals surface area contributed by atoms with E-state index in [-0.39, 0.29) is 37.9 Å². The molecule has 2 aliphatic rings. The van der Waals surface area contributed by atoms with Gasteiger partial charge in [0.2, 0.25) is 0 Å². The van der Waals surface area contributed by atoms with Gasteiger partial charge in [0, 0.05) is 30.9 Å². The highest BCUT2D eigenvalue weighted by Gasteiger charge is 2.52. The molecule has 1 aromatic heterocycles. The first-order chi connectivity index (χ1) is 14.3. The third-order valence-electron chi connectivity index (χ3n) is 6.42.